The molecule has 36 heavy (non-hydrogen) atoms. The molecule has 9 heteroatoms. The maximum absolute atomic E-state index is 12.9. The van der Waals surface area contributed by atoms with E-state index < -0.39 is 15.6 Å². The van der Waals surface area contributed by atoms with E-state index in [4.69, 9.17) is 9.72 Å². The Bertz CT molecular complexity index is 1490. The Kier molecular flexibility index (Phi) is 6.82. The number of sulfonamides is 1. The lowest BCUT2D eigenvalue weighted by Crippen LogP contribution is -2.40. The lowest BCUT2D eigenvalue weighted by atomic mass is 10.1. The van der Waals surface area contributed by atoms with Crippen LogP contribution >= 0.6 is 11.3 Å². The van der Waals surface area contributed by atoms with Crippen molar-refractivity contribution in [2.45, 2.75) is 37.6 Å². The first-order valence-corrected chi connectivity index (χ1v) is 14.3. The van der Waals surface area contributed by atoms with E-state index in [0.717, 1.165) is 59.0 Å². The molecule has 4 aromatic rings. The van der Waals surface area contributed by atoms with Crippen LogP contribution in [-0.4, -0.2) is 50.2 Å². The molecule has 1 fully saturated rings. The summed E-state index contributed by atoms with van der Waals surface area (Å²) in [7, 11) is -3.64. The Balaban J connectivity index is 1.44. The first kappa shape index (κ1) is 24.8. The third-order valence-electron chi connectivity index (χ3n) is 5.91. The van der Waals surface area contributed by atoms with Gasteiger partial charge in [0, 0.05) is 47.9 Å². The minimum atomic E-state index is -3.64. The molecule has 5 rings (SSSR count). The molecule has 1 N–H and O–H groups in total. The van der Waals surface area contributed by atoms with E-state index in [1.807, 2.05) is 38.4 Å². The van der Waals surface area contributed by atoms with Gasteiger partial charge < -0.3 is 9.64 Å². The van der Waals surface area contributed by atoms with Crippen molar-refractivity contribution in [1.29, 1.82) is 0 Å². The number of thiophene rings is 1. The molecule has 1 aliphatic rings. The highest BCUT2D eigenvalue weighted by molar-refractivity contribution is 7.89. The largest absolute Gasteiger partial charge is 0.378 e. The summed E-state index contributed by atoms with van der Waals surface area (Å²) in [5.41, 5.74) is 4.34. The van der Waals surface area contributed by atoms with Crippen molar-refractivity contribution in [1.82, 2.24) is 14.7 Å². The van der Waals surface area contributed by atoms with Crippen LogP contribution in [0.25, 0.3) is 21.3 Å². The van der Waals surface area contributed by atoms with Gasteiger partial charge in [0.15, 0.2) is 0 Å². The second-order valence-electron chi connectivity index (χ2n) is 9.98. The Hall–Kier alpha value is -2.85. The zero-order chi connectivity index (χ0) is 25.3. The minimum absolute atomic E-state index is 0.239. The van der Waals surface area contributed by atoms with Crippen molar-refractivity contribution in [3.63, 3.8) is 0 Å². The fourth-order valence-electron chi connectivity index (χ4n) is 4.31. The number of anilines is 1. The first-order chi connectivity index (χ1) is 17.2. The Labute approximate surface area is 216 Å². The van der Waals surface area contributed by atoms with Crippen molar-refractivity contribution < 1.29 is 13.2 Å². The summed E-state index contributed by atoms with van der Waals surface area (Å²) in [5, 5.41) is 2.02. The van der Waals surface area contributed by atoms with Crippen molar-refractivity contribution in [3.05, 3.63) is 71.5 Å². The topological polar surface area (TPSA) is 84.4 Å². The summed E-state index contributed by atoms with van der Waals surface area (Å²) in [5.74, 6) is 0.736. The van der Waals surface area contributed by atoms with E-state index in [9.17, 15) is 8.42 Å². The van der Waals surface area contributed by atoms with Gasteiger partial charge in [-0.2, -0.15) is 0 Å². The quantitative estimate of drug-likeness (QED) is 0.389. The van der Waals surface area contributed by atoms with Crippen LogP contribution in [0.15, 0.2) is 65.0 Å². The average Bonchev–Trinajstić information content (AvgIpc) is 3.27. The highest BCUT2D eigenvalue weighted by Gasteiger charge is 2.23. The molecule has 7 nitrogen and oxygen atoms in total. The molecule has 0 unspecified atom stereocenters. The van der Waals surface area contributed by atoms with Crippen LogP contribution in [0.2, 0.25) is 0 Å². The van der Waals surface area contributed by atoms with E-state index in [2.05, 4.69) is 38.9 Å². The van der Waals surface area contributed by atoms with Crippen LogP contribution in [0.4, 0.5) is 5.69 Å². The van der Waals surface area contributed by atoms with Crippen molar-refractivity contribution in [2.24, 2.45) is 0 Å². The molecular weight excluding hydrogens is 492 g/mol. The van der Waals surface area contributed by atoms with Crippen LogP contribution in [-0.2, 0) is 21.2 Å². The zero-order valence-corrected chi connectivity index (χ0v) is 22.3. The van der Waals surface area contributed by atoms with Crippen LogP contribution in [0, 0.1) is 0 Å². The molecule has 0 atom stereocenters. The molecule has 188 valence electrons. The van der Waals surface area contributed by atoms with Crippen LogP contribution in [0.3, 0.4) is 0 Å². The Morgan fingerprint density at radius 3 is 2.64 bits per heavy atom. The summed E-state index contributed by atoms with van der Waals surface area (Å²) in [6, 6.07) is 15.5. The fraction of sp³-hybridized carbons (Fsp3) is 0.333. The third-order valence-corrected chi connectivity index (χ3v) is 8.57. The number of benzene rings is 2. The number of nitrogens with one attached hydrogen (secondary N) is 1. The number of ether oxygens (including phenoxy) is 1. The Morgan fingerprint density at radius 2 is 1.86 bits per heavy atom. The van der Waals surface area contributed by atoms with E-state index in [0.29, 0.717) is 6.42 Å². The number of nitrogens with zero attached hydrogens (tertiary/aromatic N) is 3. The highest BCUT2D eigenvalue weighted by atomic mass is 32.2. The summed E-state index contributed by atoms with van der Waals surface area (Å²) in [6.07, 6.45) is 2.48. The number of fused-ring (bicyclic) bond motifs is 1. The predicted molar refractivity (Wildman–Crippen MR) is 145 cm³/mol. The van der Waals surface area contributed by atoms with Crippen LogP contribution < -0.4 is 9.62 Å². The molecule has 0 spiro atoms. The standard InChI is InChI=1S/C27H30N4O3S2/c1-27(2,3)30-36(32,33)22-9-5-7-20(16-22)23-18-35-24-17-28-25(29-26(23)24)15-19-6-4-8-21(14-19)31-10-12-34-13-11-31/h4-9,14,16-18,30H,10-13,15H2,1-3H3. The third kappa shape index (κ3) is 5.59. The van der Waals surface area contributed by atoms with E-state index in [1.54, 1.807) is 29.5 Å². The second-order valence-corrected chi connectivity index (χ2v) is 12.6. The first-order valence-electron chi connectivity index (χ1n) is 12.0. The smallest absolute Gasteiger partial charge is 0.241 e. The van der Waals surface area contributed by atoms with E-state index >= 15 is 0 Å². The van der Waals surface area contributed by atoms with Gasteiger partial charge in [0.25, 0.3) is 0 Å². The Morgan fingerprint density at radius 1 is 1.08 bits per heavy atom. The van der Waals surface area contributed by atoms with Crippen molar-refractivity contribution in [3.8, 4) is 11.1 Å². The summed E-state index contributed by atoms with van der Waals surface area (Å²) in [6.45, 7) is 8.77. The van der Waals surface area contributed by atoms with Gasteiger partial charge in [-0.05, 0) is 56.2 Å². The summed E-state index contributed by atoms with van der Waals surface area (Å²) in [4.78, 5) is 12.1. The normalized spacial score (nSPS) is 14.9. The predicted octanol–water partition coefficient (Wildman–Crippen LogP) is 4.86. The van der Waals surface area contributed by atoms with Gasteiger partial charge >= 0.3 is 0 Å². The monoisotopic (exact) mass is 522 g/mol. The van der Waals surface area contributed by atoms with E-state index in [1.165, 1.54) is 5.69 Å². The van der Waals surface area contributed by atoms with E-state index in [-0.39, 0.29) is 4.90 Å². The number of morpholine rings is 1. The van der Waals surface area contributed by atoms with Gasteiger partial charge in [-0.15, -0.1) is 11.3 Å². The second kappa shape index (κ2) is 9.89. The van der Waals surface area contributed by atoms with Gasteiger partial charge in [0.1, 0.15) is 5.82 Å². The fourth-order valence-corrected chi connectivity index (χ4v) is 6.65. The molecule has 3 heterocycles. The molecule has 1 aliphatic heterocycles. The van der Waals surface area contributed by atoms with Gasteiger partial charge in [0.05, 0.1) is 28.3 Å². The number of rotatable bonds is 6. The molecule has 1 saturated heterocycles. The lowest BCUT2D eigenvalue weighted by Gasteiger charge is -2.29. The molecule has 0 radical (unpaired) electrons. The maximum atomic E-state index is 12.9. The SMILES string of the molecule is CC(C)(C)NS(=O)(=O)c1cccc(-c2csc3cnc(Cc4cccc(N5CCOCC5)c4)nc23)c1. The average molecular weight is 523 g/mol. The molecular formula is C27H30N4O3S2. The van der Waals surface area contributed by atoms with Crippen molar-refractivity contribution >= 4 is 37.3 Å². The van der Waals surface area contributed by atoms with Gasteiger partial charge in [-0.25, -0.2) is 23.1 Å². The van der Waals surface area contributed by atoms with Crippen molar-refractivity contribution in [2.75, 3.05) is 31.2 Å². The van der Waals surface area contributed by atoms with Gasteiger partial charge in [-0.1, -0.05) is 24.3 Å². The van der Waals surface area contributed by atoms with Crippen LogP contribution in [0.1, 0.15) is 32.2 Å². The molecule has 0 bridgehead atoms. The highest BCUT2D eigenvalue weighted by Crippen LogP contribution is 2.33. The van der Waals surface area contributed by atoms with Gasteiger partial charge in [0.2, 0.25) is 10.0 Å². The number of hydrogen-bond donors (Lipinski definition) is 1. The maximum Gasteiger partial charge on any atom is 0.241 e. The summed E-state index contributed by atoms with van der Waals surface area (Å²) < 4.78 is 34.9. The summed E-state index contributed by atoms with van der Waals surface area (Å²) >= 11 is 1.56. The number of hydrogen-bond acceptors (Lipinski definition) is 7. The zero-order valence-electron chi connectivity index (χ0n) is 20.7. The van der Waals surface area contributed by atoms with Gasteiger partial charge in [-0.3, -0.25) is 0 Å². The molecule has 2 aromatic carbocycles. The number of aromatic nitrogens is 2. The van der Waals surface area contributed by atoms with Crippen LogP contribution in [0.5, 0.6) is 0 Å². The molecule has 0 amide bonds. The minimum Gasteiger partial charge on any atom is -0.378 e. The molecule has 0 aliphatic carbocycles. The molecule has 2 aromatic heterocycles. The molecule has 0 saturated carbocycles. The lowest BCUT2D eigenvalue weighted by molar-refractivity contribution is 0.122.